The lowest BCUT2D eigenvalue weighted by atomic mass is 10.1. The first-order valence-electron chi connectivity index (χ1n) is 5.23. The quantitative estimate of drug-likeness (QED) is 0.867. The summed E-state index contributed by atoms with van der Waals surface area (Å²) in [4.78, 5) is 4.04. The van der Waals surface area contributed by atoms with E-state index in [4.69, 9.17) is 5.73 Å². The zero-order chi connectivity index (χ0) is 13.3. The molecule has 0 fully saturated rings. The fraction of sp³-hybridized carbons (Fsp3) is 0.273. The molecule has 0 aliphatic rings. The molecule has 0 saturated heterocycles. The van der Waals surface area contributed by atoms with E-state index < -0.39 is 11.7 Å². The number of nitrogens with zero attached hydrogens (tertiary/aromatic N) is 2. The number of aromatic amines is 1. The molecule has 0 amide bonds. The van der Waals surface area contributed by atoms with Crippen molar-refractivity contribution < 1.29 is 13.2 Å². The Labute approximate surface area is 101 Å². The van der Waals surface area contributed by atoms with Crippen LogP contribution in [0.25, 0.3) is 11.4 Å². The maximum atomic E-state index is 12.5. The minimum Gasteiger partial charge on any atom is -0.322 e. The second-order valence-corrected chi connectivity index (χ2v) is 3.91. The van der Waals surface area contributed by atoms with Crippen LogP contribution in [-0.2, 0) is 6.18 Å². The highest BCUT2D eigenvalue weighted by Gasteiger charge is 2.30. The molecule has 0 aliphatic heterocycles. The van der Waals surface area contributed by atoms with Gasteiger partial charge in [0.2, 0.25) is 0 Å². The summed E-state index contributed by atoms with van der Waals surface area (Å²) in [6, 6.07) is 4.50. The first-order chi connectivity index (χ1) is 8.38. The highest BCUT2D eigenvalue weighted by atomic mass is 19.4. The molecule has 2 aromatic rings. The predicted molar refractivity (Wildman–Crippen MR) is 59.4 cm³/mol. The molecule has 1 heterocycles. The van der Waals surface area contributed by atoms with Crippen molar-refractivity contribution in [3.05, 3.63) is 35.7 Å². The Morgan fingerprint density at radius 2 is 2.06 bits per heavy atom. The fourth-order valence-corrected chi connectivity index (χ4v) is 1.44. The average Bonchev–Trinajstić information content (AvgIpc) is 2.77. The molecule has 1 aromatic heterocycles. The van der Waals surface area contributed by atoms with Crippen LogP contribution >= 0.6 is 0 Å². The van der Waals surface area contributed by atoms with Gasteiger partial charge in [-0.15, -0.1) is 0 Å². The van der Waals surface area contributed by atoms with Gasteiger partial charge in [-0.05, 0) is 19.1 Å². The van der Waals surface area contributed by atoms with E-state index in [2.05, 4.69) is 15.2 Å². The number of hydrogen-bond acceptors (Lipinski definition) is 3. The molecule has 0 saturated carbocycles. The van der Waals surface area contributed by atoms with Gasteiger partial charge >= 0.3 is 6.18 Å². The van der Waals surface area contributed by atoms with Gasteiger partial charge in [0.15, 0.2) is 5.82 Å². The van der Waals surface area contributed by atoms with E-state index in [1.807, 2.05) is 0 Å². The van der Waals surface area contributed by atoms with Gasteiger partial charge in [-0.3, -0.25) is 5.10 Å². The standard InChI is InChI=1S/C11H11F3N4/c1-6(15)9-16-10(18-17-9)7-3-2-4-8(5-7)11(12,13)14/h2-6H,15H2,1H3,(H,16,17,18)/t6-/m1/s1. The van der Waals surface area contributed by atoms with Crippen molar-refractivity contribution in [1.29, 1.82) is 0 Å². The van der Waals surface area contributed by atoms with Crippen molar-refractivity contribution >= 4 is 0 Å². The third-order valence-corrected chi connectivity index (χ3v) is 2.38. The Morgan fingerprint density at radius 1 is 1.33 bits per heavy atom. The van der Waals surface area contributed by atoms with E-state index in [-0.39, 0.29) is 11.9 Å². The summed E-state index contributed by atoms with van der Waals surface area (Å²) in [5, 5.41) is 6.44. The number of rotatable bonds is 2. The molecule has 18 heavy (non-hydrogen) atoms. The number of H-pyrrole nitrogens is 1. The van der Waals surface area contributed by atoms with Gasteiger partial charge in [-0.25, -0.2) is 4.98 Å². The van der Waals surface area contributed by atoms with Crippen LogP contribution in [0.1, 0.15) is 24.4 Å². The van der Waals surface area contributed by atoms with E-state index in [9.17, 15) is 13.2 Å². The first kappa shape index (κ1) is 12.6. The van der Waals surface area contributed by atoms with E-state index in [1.54, 1.807) is 6.92 Å². The number of nitrogens with one attached hydrogen (secondary N) is 1. The maximum absolute atomic E-state index is 12.5. The molecule has 0 radical (unpaired) electrons. The van der Waals surface area contributed by atoms with Gasteiger partial charge in [-0.2, -0.15) is 18.3 Å². The summed E-state index contributed by atoms with van der Waals surface area (Å²) in [7, 11) is 0. The second kappa shape index (κ2) is 4.41. The summed E-state index contributed by atoms with van der Waals surface area (Å²) in [5.74, 6) is 0.635. The van der Waals surface area contributed by atoms with E-state index in [0.29, 0.717) is 11.4 Å². The predicted octanol–water partition coefficient (Wildman–Crippen LogP) is 2.51. The van der Waals surface area contributed by atoms with Crippen LogP contribution < -0.4 is 5.73 Å². The lowest BCUT2D eigenvalue weighted by Crippen LogP contribution is -2.06. The minimum absolute atomic E-state index is 0.202. The van der Waals surface area contributed by atoms with Crippen molar-refractivity contribution in [3.63, 3.8) is 0 Å². The molecular formula is C11H11F3N4. The number of benzene rings is 1. The number of halogens is 3. The Hall–Kier alpha value is -1.89. The van der Waals surface area contributed by atoms with Crippen molar-refractivity contribution in [2.75, 3.05) is 0 Å². The highest BCUT2D eigenvalue weighted by molar-refractivity contribution is 5.56. The zero-order valence-corrected chi connectivity index (χ0v) is 9.49. The molecule has 1 aromatic carbocycles. The number of aromatic nitrogens is 3. The van der Waals surface area contributed by atoms with Crippen molar-refractivity contribution in [2.45, 2.75) is 19.1 Å². The Morgan fingerprint density at radius 3 is 2.61 bits per heavy atom. The average molecular weight is 256 g/mol. The summed E-state index contributed by atoms with van der Waals surface area (Å²) in [6.07, 6.45) is -4.38. The van der Waals surface area contributed by atoms with Crippen molar-refractivity contribution in [3.8, 4) is 11.4 Å². The molecule has 0 aliphatic carbocycles. The lowest BCUT2D eigenvalue weighted by molar-refractivity contribution is -0.137. The van der Waals surface area contributed by atoms with Gasteiger partial charge in [-0.1, -0.05) is 12.1 Å². The Balaban J connectivity index is 2.38. The van der Waals surface area contributed by atoms with Gasteiger partial charge in [0, 0.05) is 5.56 Å². The van der Waals surface area contributed by atoms with Crippen molar-refractivity contribution in [1.82, 2.24) is 15.2 Å². The van der Waals surface area contributed by atoms with Crippen LogP contribution in [0.15, 0.2) is 24.3 Å². The van der Waals surface area contributed by atoms with Gasteiger partial charge in [0.05, 0.1) is 11.6 Å². The van der Waals surface area contributed by atoms with Crippen LogP contribution in [0.5, 0.6) is 0 Å². The molecule has 4 nitrogen and oxygen atoms in total. The summed E-state index contributed by atoms with van der Waals surface area (Å²) < 4.78 is 37.6. The van der Waals surface area contributed by atoms with Crippen molar-refractivity contribution in [2.24, 2.45) is 5.73 Å². The zero-order valence-electron chi connectivity index (χ0n) is 9.49. The second-order valence-electron chi connectivity index (χ2n) is 3.91. The molecule has 0 unspecified atom stereocenters. The summed E-state index contributed by atoms with van der Waals surface area (Å²) >= 11 is 0. The molecule has 96 valence electrons. The highest BCUT2D eigenvalue weighted by Crippen LogP contribution is 2.31. The van der Waals surface area contributed by atoms with E-state index in [1.165, 1.54) is 12.1 Å². The smallest absolute Gasteiger partial charge is 0.322 e. The topological polar surface area (TPSA) is 67.6 Å². The lowest BCUT2D eigenvalue weighted by Gasteiger charge is -2.06. The SMILES string of the molecule is C[C@@H](N)c1nc(-c2cccc(C(F)(F)F)c2)n[nH]1. The van der Waals surface area contributed by atoms with Crippen LogP contribution in [-0.4, -0.2) is 15.2 Å². The van der Waals surface area contributed by atoms with Gasteiger partial charge in [0.25, 0.3) is 0 Å². The van der Waals surface area contributed by atoms with Crippen LogP contribution in [0.2, 0.25) is 0 Å². The summed E-state index contributed by atoms with van der Waals surface area (Å²) in [6.45, 7) is 1.70. The maximum Gasteiger partial charge on any atom is 0.416 e. The molecule has 2 rings (SSSR count). The molecule has 0 spiro atoms. The number of hydrogen-bond donors (Lipinski definition) is 2. The van der Waals surface area contributed by atoms with Crippen LogP contribution in [0.4, 0.5) is 13.2 Å². The fourth-order valence-electron chi connectivity index (χ4n) is 1.44. The normalized spacial score (nSPS) is 13.6. The van der Waals surface area contributed by atoms with Crippen LogP contribution in [0.3, 0.4) is 0 Å². The largest absolute Gasteiger partial charge is 0.416 e. The first-order valence-corrected chi connectivity index (χ1v) is 5.23. The Kier molecular flexibility index (Phi) is 3.08. The monoisotopic (exact) mass is 256 g/mol. The van der Waals surface area contributed by atoms with Crippen LogP contribution in [0, 0.1) is 0 Å². The number of alkyl halides is 3. The van der Waals surface area contributed by atoms with Gasteiger partial charge in [0.1, 0.15) is 5.82 Å². The third-order valence-electron chi connectivity index (χ3n) is 2.38. The molecule has 3 N–H and O–H groups in total. The molecule has 0 bridgehead atoms. The molecular weight excluding hydrogens is 245 g/mol. The van der Waals surface area contributed by atoms with Gasteiger partial charge < -0.3 is 5.73 Å². The summed E-state index contributed by atoms with van der Waals surface area (Å²) in [5.41, 5.74) is 5.16. The third kappa shape index (κ3) is 2.51. The minimum atomic E-state index is -4.38. The van der Waals surface area contributed by atoms with E-state index in [0.717, 1.165) is 12.1 Å². The number of nitrogens with two attached hydrogens (primary N) is 1. The molecule has 1 atom stereocenters. The van der Waals surface area contributed by atoms with E-state index >= 15 is 0 Å². The molecule has 7 heteroatoms. The Bertz CT molecular complexity index is 545.